The maximum absolute atomic E-state index is 12.7. The van der Waals surface area contributed by atoms with Gasteiger partial charge in [-0.3, -0.25) is 10.1 Å². The van der Waals surface area contributed by atoms with Gasteiger partial charge in [-0.25, -0.2) is 9.18 Å². The van der Waals surface area contributed by atoms with Crippen molar-refractivity contribution in [2.24, 2.45) is 0 Å². The molecule has 3 N–H and O–H groups in total. The highest BCUT2D eigenvalue weighted by atomic mass is 19.1. The lowest BCUT2D eigenvalue weighted by Gasteiger charge is -2.15. The van der Waals surface area contributed by atoms with Crippen LogP contribution < -0.4 is 16.0 Å². The van der Waals surface area contributed by atoms with Crippen LogP contribution in [0.3, 0.4) is 0 Å². The number of urea groups is 1. The molecule has 0 bridgehead atoms. The second-order valence-electron chi connectivity index (χ2n) is 4.49. The van der Waals surface area contributed by atoms with E-state index in [1.807, 2.05) is 0 Å². The molecule has 1 aromatic carbocycles. The van der Waals surface area contributed by atoms with Crippen molar-refractivity contribution in [3.8, 4) is 0 Å². The Labute approximate surface area is 111 Å². The molecule has 0 fully saturated rings. The van der Waals surface area contributed by atoms with E-state index >= 15 is 0 Å². The minimum absolute atomic E-state index is 0.0480. The van der Waals surface area contributed by atoms with Gasteiger partial charge in [0.1, 0.15) is 11.9 Å². The maximum Gasteiger partial charge on any atom is 0.321 e. The van der Waals surface area contributed by atoms with Crippen molar-refractivity contribution in [1.82, 2.24) is 10.6 Å². The van der Waals surface area contributed by atoms with Gasteiger partial charge < -0.3 is 10.6 Å². The van der Waals surface area contributed by atoms with E-state index in [0.717, 1.165) is 0 Å². The van der Waals surface area contributed by atoms with E-state index in [-0.39, 0.29) is 11.9 Å². The van der Waals surface area contributed by atoms with Crippen molar-refractivity contribution in [3.63, 3.8) is 0 Å². The summed E-state index contributed by atoms with van der Waals surface area (Å²) in [6.45, 7) is 5.20. The van der Waals surface area contributed by atoms with E-state index in [1.54, 1.807) is 20.8 Å². The number of carbonyl (C=O) groups excluding carboxylic acids is 2. The van der Waals surface area contributed by atoms with Gasteiger partial charge in [-0.2, -0.15) is 0 Å². The third kappa shape index (κ3) is 5.37. The molecule has 1 rings (SSSR count). The first-order chi connectivity index (χ1) is 8.88. The first kappa shape index (κ1) is 14.9. The van der Waals surface area contributed by atoms with Crippen LogP contribution in [-0.2, 0) is 4.79 Å². The largest absolute Gasteiger partial charge is 0.374 e. The monoisotopic (exact) mass is 267 g/mol. The highest BCUT2D eigenvalue weighted by Crippen LogP contribution is 2.09. The topological polar surface area (TPSA) is 70.2 Å². The summed E-state index contributed by atoms with van der Waals surface area (Å²) >= 11 is 0. The molecule has 5 nitrogen and oxygen atoms in total. The Morgan fingerprint density at radius 3 is 2.21 bits per heavy atom. The molecule has 1 atom stereocenters. The molecule has 0 saturated carbocycles. The molecule has 6 heteroatoms. The molecule has 0 aliphatic carbocycles. The summed E-state index contributed by atoms with van der Waals surface area (Å²) in [4.78, 5) is 23.0. The number of imide groups is 1. The fourth-order valence-electron chi connectivity index (χ4n) is 1.38. The van der Waals surface area contributed by atoms with Gasteiger partial charge in [0.2, 0.25) is 5.91 Å². The summed E-state index contributed by atoms with van der Waals surface area (Å²) in [5.74, 6) is -0.804. The van der Waals surface area contributed by atoms with E-state index < -0.39 is 18.0 Å². The van der Waals surface area contributed by atoms with Crippen molar-refractivity contribution in [3.05, 3.63) is 30.1 Å². The molecular formula is C13H18FN3O2. The van der Waals surface area contributed by atoms with E-state index in [9.17, 15) is 14.0 Å². The Balaban J connectivity index is 2.48. The predicted octanol–water partition coefficient (Wildman–Crippen LogP) is 1.86. The summed E-state index contributed by atoms with van der Waals surface area (Å²) in [6.07, 6.45) is 0. The lowest BCUT2D eigenvalue weighted by atomic mass is 10.2. The SMILES string of the molecule is CC(C)NC(=O)NC(=O)C(C)Nc1ccc(F)cc1. The summed E-state index contributed by atoms with van der Waals surface area (Å²) < 4.78 is 12.7. The molecule has 0 aliphatic heterocycles. The third-order valence-electron chi connectivity index (χ3n) is 2.28. The Kier molecular flexibility index (Phi) is 5.29. The van der Waals surface area contributed by atoms with Gasteiger partial charge in [-0.1, -0.05) is 0 Å². The molecule has 104 valence electrons. The van der Waals surface area contributed by atoms with E-state index in [4.69, 9.17) is 0 Å². The Morgan fingerprint density at radius 1 is 1.11 bits per heavy atom. The number of nitrogens with one attached hydrogen (secondary N) is 3. The van der Waals surface area contributed by atoms with Crippen LogP contribution in [0, 0.1) is 5.82 Å². The second kappa shape index (κ2) is 6.72. The van der Waals surface area contributed by atoms with Crippen LogP contribution in [0.15, 0.2) is 24.3 Å². The summed E-state index contributed by atoms with van der Waals surface area (Å²) in [7, 11) is 0. The standard InChI is InChI=1S/C13H18FN3O2/c1-8(2)15-13(19)17-12(18)9(3)16-11-6-4-10(14)5-7-11/h4-9,16H,1-3H3,(H2,15,17,18,19). The first-order valence-corrected chi connectivity index (χ1v) is 6.02. The number of carbonyl (C=O) groups is 2. The van der Waals surface area contributed by atoms with Gasteiger partial charge in [-0.15, -0.1) is 0 Å². The Morgan fingerprint density at radius 2 is 1.68 bits per heavy atom. The van der Waals surface area contributed by atoms with Crippen molar-refractivity contribution in [2.75, 3.05) is 5.32 Å². The maximum atomic E-state index is 12.7. The number of rotatable bonds is 4. The lowest BCUT2D eigenvalue weighted by molar-refractivity contribution is -0.120. The van der Waals surface area contributed by atoms with Crippen molar-refractivity contribution in [1.29, 1.82) is 0 Å². The van der Waals surface area contributed by atoms with Gasteiger partial charge in [-0.05, 0) is 45.0 Å². The van der Waals surface area contributed by atoms with Crippen molar-refractivity contribution >= 4 is 17.6 Å². The van der Waals surface area contributed by atoms with E-state index in [1.165, 1.54) is 24.3 Å². The molecule has 0 heterocycles. The number of anilines is 1. The minimum Gasteiger partial charge on any atom is -0.374 e. The molecule has 19 heavy (non-hydrogen) atoms. The van der Waals surface area contributed by atoms with Crippen LogP contribution >= 0.6 is 0 Å². The number of benzene rings is 1. The molecule has 1 unspecified atom stereocenters. The van der Waals surface area contributed by atoms with E-state index in [0.29, 0.717) is 5.69 Å². The van der Waals surface area contributed by atoms with Crippen LogP contribution in [0.4, 0.5) is 14.9 Å². The zero-order valence-electron chi connectivity index (χ0n) is 11.2. The quantitative estimate of drug-likeness (QED) is 0.780. The molecule has 0 aromatic heterocycles. The first-order valence-electron chi connectivity index (χ1n) is 6.02. The third-order valence-corrected chi connectivity index (χ3v) is 2.28. The van der Waals surface area contributed by atoms with Gasteiger partial charge in [0.25, 0.3) is 0 Å². The Hall–Kier alpha value is -2.11. The normalized spacial score (nSPS) is 11.8. The molecule has 0 spiro atoms. The van der Waals surface area contributed by atoms with Gasteiger partial charge >= 0.3 is 6.03 Å². The van der Waals surface area contributed by atoms with Crippen LogP contribution in [-0.4, -0.2) is 24.0 Å². The predicted molar refractivity (Wildman–Crippen MR) is 71.3 cm³/mol. The molecule has 0 aliphatic rings. The lowest BCUT2D eigenvalue weighted by Crippen LogP contribution is -2.47. The zero-order valence-corrected chi connectivity index (χ0v) is 11.2. The van der Waals surface area contributed by atoms with Crippen LogP contribution in [0.2, 0.25) is 0 Å². The molecular weight excluding hydrogens is 249 g/mol. The molecule has 3 amide bonds. The summed E-state index contributed by atoms with van der Waals surface area (Å²) in [6, 6.07) is 4.43. The highest BCUT2D eigenvalue weighted by Gasteiger charge is 2.15. The zero-order chi connectivity index (χ0) is 14.4. The molecule has 0 radical (unpaired) electrons. The van der Waals surface area contributed by atoms with Crippen LogP contribution in [0.5, 0.6) is 0 Å². The van der Waals surface area contributed by atoms with Gasteiger partial charge in [0.15, 0.2) is 0 Å². The van der Waals surface area contributed by atoms with Crippen LogP contribution in [0.1, 0.15) is 20.8 Å². The summed E-state index contributed by atoms with van der Waals surface area (Å²) in [5.41, 5.74) is 0.605. The number of hydrogen-bond donors (Lipinski definition) is 3. The number of amides is 3. The molecule has 1 aromatic rings. The number of halogens is 1. The minimum atomic E-state index is -0.608. The fourth-order valence-corrected chi connectivity index (χ4v) is 1.38. The second-order valence-corrected chi connectivity index (χ2v) is 4.49. The average Bonchev–Trinajstić information content (AvgIpc) is 2.30. The van der Waals surface area contributed by atoms with Crippen molar-refractivity contribution < 1.29 is 14.0 Å². The average molecular weight is 267 g/mol. The van der Waals surface area contributed by atoms with Crippen LogP contribution in [0.25, 0.3) is 0 Å². The highest BCUT2D eigenvalue weighted by molar-refractivity contribution is 5.98. The number of hydrogen-bond acceptors (Lipinski definition) is 3. The van der Waals surface area contributed by atoms with Crippen molar-refractivity contribution in [2.45, 2.75) is 32.9 Å². The van der Waals surface area contributed by atoms with Gasteiger partial charge in [0, 0.05) is 11.7 Å². The fraction of sp³-hybridized carbons (Fsp3) is 0.385. The summed E-state index contributed by atoms with van der Waals surface area (Å²) in [5, 5.41) is 7.64. The van der Waals surface area contributed by atoms with Gasteiger partial charge in [0.05, 0.1) is 0 Å². The Bertz CT molecular complexity index is 446. The smallest absolute Gasteiger partial charge is 0.321 e. The molecule has 0 saturated heterocycles. The van der Waals surface area contributed by atoms with E-state index in [2.05, 4.69) is 16.0 Å².